The van der Waals surface area contributed by atoms with Crippen LogP contribution in [0, 0.1) is 0 Å². The molecular weight excluding hydrogens is 260 g/mol. The second-order valence-electron chi connectivity index (χ2n) is 4.86. The molecular formula is C14H24N2O2S. The Labute approximate surface area is 116 Å². The zero-order valence-corrected chi connectivity index (χ0v) is 12.8. The molecule has 0 saturated carbocycles. The first-order valence-electron chi connectivity index (χ1n) is 6.67. The molecule has 1 aromatic carbocycles. The van der Waals surface area contributed by atoms with Crippen LogP contribution in [0.3, 0.4) is 0 Å². The van der Waals surface area contributed by atoms with Gasteiger partial charge >= 0.3 is 0 Å². The van der Waals surface area contributed by atoms with Gasteiger partial charge in [-0.2, -0.15) is 0 Å². The third-order valence-corrected chi connectivity index (χ3v) is 4.71. The highest BCUT2D eigenvalue weighted by Gasteiger charge is 2.10. The van der Waals surface area contributed by atoms with Crippen molar-refractivity contribution >= 4 is 15.5 Å². The summed E-state index contributed by atoms with van der Waals surface area (Å²) in [6.45, 7) is 3.66. The molecule has 0 fully saturated rings. The van der Waals surface area contributed by atoms with Crippen LogP contribution in [0.2, 0.25) is 0 Å². The Hall–Kier alpha value is -1.07. The summed E-state index contributed by atoms with van der Waals surface area (Å²) >= 11 is 0. The predicted molar refractivity (Wildman–Crippen MR) is 80.4 cm³/mol. The molecule has 1 N–H and O–H groups in total. The van der Waals surface area contributed by atoms with Gasteiger partial charge in [-0.15, -0.1) is 0 Å². The van der Waals surface area contributed by atoms with Gasteiger partial charge in [0.25, 0.3) is 0 Å². The van der Waals surface area contributed by atoms with E-state index in [0.29, 0.717) is 4.90 Å². The van der Waals surface area contributed by atoms with Crippen molar-refractivity contribution in [1.82, 2.24) is 4.90 Å². The molecule has 0 spiro atoms. The summed E-state index contributed by atoms with van der Waals surface area (Å²) in [4.78, 5) is 2.57. The van der Waals surface area contributed by atoms with Crippen LogP contribution in [0.1, 0.15) is 19.8 Å². The number of hydrogen-bond donors (Lipinski definition) is 1. The summed E-state index contributed by atoms with van der Waals surface area (Å²) in [5, 5.41) is 3.30. The SMILES string of the molecule is CCS(=O)(=O)c1ccc(NCCCCN(C)C)cc1. The van der Waals surface area contributed by atoms with Crippen molar-refractivity contribution in [2.45, 2.75) is 24.7 Å². The predicted octanol–water partition coefficient (Wildman–Crippen LogP) is 2.23. The fourth-order valence-corrected chi connectivity index (χ4v) is 2.62. The molecule has 0 aliphatic heterocycles. The van der Waals surface area contributed by atoms with Gasteiger partial charge in [0.1, 0.15) is 0 Å². The van der Waals surface area contributed by atoms with E-state index in [1.54, 1.807) is 19.1 Å². The molecule has 0 amide bonds. The summed E-state index contributed by atoms with van der Waals surface area (Å²) in [7, 11) is 1.05. The Morgan fingerprint density at radius 1 is 1.11 bits per heavy atom. The standard InChI is InChI=1S/C14H24N2O2S/c1-4-19(17,18)14-9-7-13(8-10-14)15-11-5-6-12-16(2)3/h7-10,15H,4-6,11-12H2,1-3H3. The Morgan fingerprint density at radius 2 is 1.74 bits per heavy atom. The van der Waals surface area contributed by atoms with Crippen molar-refractivity contribution < 1.29 is 8.42 Å². The lowest BCUT2D eigenvalue weighted by Crippen LogP contribution is -2.14. The lowest BCUT2D eigenvalue weighted by atomic mass is 10.2. The van der Waals surface area contributed by atoms with E-state index in [9.17, 15) is 8.42 Å². The highest BCUT2D eigenvalue weighted by atomic mass is 32.2. The van der Waals surface area contributed by atoms with E-state index < -0.39 is 9.84 Å². The number of nitrogens with zero attached hydrogens (tertiary/aromatic N) is 1. The lowest BCUT2D eigenvalue weighted by Gasteiger charge is -2.10. The number of unbranched alkanes of at least 4 members (excludes halogenated alkanes) is 1. The first kappa shape index (κ1) is 16.0. The third-order valence-electron chi connectivity index (χ3n) is 2.95. The molecule has 0 heterocycles. The monoisotopic (exact) mass is 284 g/mol. The molecule has 0 bridgehead atoms. The first-order chi connectivity index (χ1) is 8.95. The summed E-state index contributed by atoms with van der Waals surface area (Å²) in [6, 6.07) is 6.99. The largest absolute Gasteiger partial charge is 0.385 e. The molecule has 5 heteroatoms. The van der Waals surface area contributed by atoms with Crippen LogP contribution in [0.25, 0.3) is 0 Å². The van der Waals surface area contributed by atoms with E-state index in [2.05, 4.69) is 24.3 Å². The minimum atomic E-state index is -3.09. The minimum absolute atomic E-state index is 0.143. The van der Waals surface area contributed by atoms with E-state index in [4.69, 9.17) is 0 Å². The first-order valence-corrected chi connectivity index (χ1v) is 8.32. The fraction of sp³-hybridized carbons (Fsp3) is 0.571. The smallest absolute Gasteiger partial charge is 0.178 e. The molecule has 0 aliphatic carbocycles. The molecule has 0 aliphatic rings. The number of rotatable bonds is 8. The molecule has 0 atom stereocenters. The molecule has 1 rings (SSSR count). The molecule has 0 radical (unpaired) electrons. The second kappa shape index (κ2) is 7.50. The van der Waals surface area contributed by atoms with Crippen LogP contribution in [0.4, 0.5) is 5.69 Å². The van der Waals surface area contributed by atoms with Gasteiger partial charge < -0.3 is 10.2 Å². The van der Waals surface area contributed by atoms with Crippen molar-refractivity contribution in [3.8, 4) is 0 Å². The van der Waals surface area contributed by atoms with Gasteiger partial charge in [-0.05, 0) is 57.7 Å². The van der Waals surface area contributed by atoms with Crippen LogP contribution >= 0.6 is 0 Å². The van der Waals surface area contributed by atoms with Crippen molar-refractivity contribution in [2.24, 2.45) is 0 Å². The minimum Gasteiger partial charge on any atom is -0.385 e. The maximum Gasteiger partial charge on any atom is 0.178 e. The second-order valence-corrected chi connectivity index (χ2v) is 7.14. The molecule has 19 heavy (non-hydrogen) atoms. The maximum atomic E-state index is 11.7. The van der Waals surface area contributed by atoms with Gasteiger partial charge in [0.2, 0.25) is 0 Å². The van der Waals surface area contributed by atoms with Crippen molar-refractivity contribution in [3.05, 3.63) is 24.3 Å². The van der Waals surface area contributed by atoms with Gasteiger partial charge in [-0.1, -0.05) is 6.92 Å². The zero-order valence-electron chi connectivity index (χ0n) is 12.0. The van der Waals surface area contributed by atoms with Gasteiger partial charge in [-0.3, -0.25) is 0 Å². The third kappa shape index (κ3) is 5.61. The zero-order chi connectivity index (χ0) is 14.3. The Morgan fingerprint density at radius 3 is 2.26 bits per heavy atom. The summed E-state index contributed by atoms with van der Waals surface area (Å²) in [5.41, 5.74) is 0.972. The highest BCUT2D eigenvalue weighted by molar-refractivity contribution is 7.91. The summed E-state index contributed by atoms with van der Waals surface area (Å²) in [5.74, 6) is 0.143. The Bertz CT molecular complexity index is 467. The number of benzene rings is 1. The van der Waals surface area contributed by atoms with E-state index in [-0.39, 0.29) is 5.75 Å². The van der Waals surface area contributed by atoms with Gasteiger partial charge in [0.05, 0.1) is 10.6 Å². The Kier molecular flexibility index (Phi) is 6.31. The van der Waals surface area contributed by atoms with Crippen LogP contribution in [0.5, 0.6) is 0 Å². The number of sulfone groups is 1. The van der Waals surface area contributed by atoms with E-state index in [1.165, 1.54) is 0 Å². The van der Waals surface area contributed by atoms with Crippen LogP contribution in [-0.2, 0) is 9.84 Å². The number of anilines is 1. The molecule has 0 aromatic heterocycles. The van der Waals surface area contributed by atoms with Crippen molar-refractivity contribution in [2.75, 3.05) is 38.3 Å². The van der Waals surface area contributed by atoms with Gasteiger partial charge in [0.15, 0.2) is 9.84 Å². The molecule has 108 valence electrons. The normalized spacial score (nSPS) is 11.8. The van der Waals surface area contributed by atoms with Crippen molar-refractivity contribution in [1.29, 1.82) is 0 Å². The fourth-order valence-electron chi connectivity index (χ4n) is 1.73. The van der Waals surface area contributed by atoms with E-state index in [1.807, 2.05) is 12.1 Å². The van der Waals surface area contributed by atoms with E-state index in [0.717, 1.165) is 31.6 Å². The quantitative estimate of drug-likeness (QED) is 0.744. The lowest BCUT2D eigenvalue weighted by molar-refractivity contribution is 0.396. The highest BCUT2D eigenvalue weighted by Crippen LogP contribution is 2.15. The summed E-state index contributed by atoms with van der Waals surface area (Å²) < 4.78 is 23.3. The maximum absolute atomic E-state index is 11.7. The van der Waals surface area contributed by atoms with Crippen molar-refractivity contribution in [3.63, 3.8) is 0 Å². The topological polar surface area (TPSA) is 49.4 Å². The molecule has 1 aromatic rings. The van der Waals surface area contributed by atoms with E-state index >= 15 is 0 Å². The van der Waals surface area contributed by atoms with Crippen LogP contribution in [0.15, 0.2) is 29.2 Å². The van der Waals surface area contributed by atoms with Gasteiger partial charge in [0, 0.05) is 12.2 Å². The summed E-state index contributed by atoms with van der Waals surface area (Å²) in [6.07, 6.45) is 2.26. The number of nitrogens with one attached hydrogen (secondary N) is 1. The molecule has 4 nitrogen and oxygen atoms in total. The average Bonchev–Trinajstić information content (AvgIpc) is 2.38. The molecule has 0 unspecified atom stereocenters. The average molecular weight is 284 g/mol. The van der Waals surface area contributed by atoms with Crippen LogP contribution in [-0.4, -0.2) is 46.3 Å². The molecule has 0 saturated heterocycles. The Balaban J connectivity index is 2.41. The van der Waals surface area contributed by atoms with Crippen LogP contribution < -0.4 is 5.32 Å². The van der Waals surface area contributed by atoms with Gasteiger partial charge in [-0.25, -0.2) is 8.42 Å². The number of hydrogen-bond acceptors (Lipinski definition) is 4.